The minimum Gasteiger partial charge on any atom is -0.361 e. The van der Waals surface area contributed by atoms with E-state index >= 15 is 0 Å². The van der Waals surface area contributed by atoms with E-state index < -0.39 is 0 Å². The fourth-order valence-electron chi connectivity index (χ4n) is 2.52. The predicted octanol–water partition coefficient (Wildman–Crippen LogP) is 2.33. The van der Waals surface area contributed by atoms with Crippen LogP contribution >= 0.6 is 0 Å². The number of fused-ring (bicyclic) bond motifs is 1. The van der Waals surface area contributed by atoms with Gasteiger partial charge in [-0.2, -0.15) is 5.10 Å². The van der Waals surface area contributed by atoms with Crippen molar-refractivity contribution in [3.8, 4) is 11.1 Å². The van der Waals surface area contributed by atoms with E-state index in [4.69, 9.17) is 0 Å². The molecule has 98 valence electrons. The number of nitrogens with one attached hydrogen (secondary N) is 2. The molecule has 4 nitrogen and oxygen atoms in total. The smallest absolute Gasteiger partial charge is 0.0571 e. The van der Waals surface area contributed by atoms with Crippen LogP contribution in [0.3, 0.4) is 0 Å². The highest BCUT2D eigenvalue weighted by molar-refractivity contribution is 5.95. The molecule has 0 saturated carbocycles. The molecule has 0 amide bonds. The van der Waals surface area contributed by atoms with Gasteiger partial charge in [-0.15, -0.1) is 0 Å². The molecule has 0 aliphatic carbocycles. The number of nitrogens with zero attached hydrogens (tertiary/aromatic N) is 2. The lowest BCUT2D eigenvalue weighted by molar-refractivity contribution is 0.682. The lowest BCUT2D eigenvalue weighted by Gasteiger charge is -2.05. The van der Waals surface area contributed by atoms with Gasteiger partial charge in [0.15, 0.2) is 0 Å². The Bertz CT molecular complexity index is 693. The summed E-state index contributed by atoms with van der Waals surface area (Å²) >= 11 is 0. The van der Waals surface area contributed by atoms with Crippen molar-refractivity contribution >= 4 is 10.9 Å². The maximum Gasteiger partial charge on any atom is 0.0571 e. The van der Waals surface area contributed by atoms with Crippen LogP contribution in [0.5, 0.6) is 0 Å². The number of benzene rings is 1. The van der Waals surface area contributed by atoms with Gasteiger partial charge >= 0.3 is 0 Å². The van der Waals surface area contributed by atoms with Crippen LogP contribution in [0, 0.1) is 0 Å². The zero-order chi connectivity index (χ0) is 13.2. The molecule has 0 atom stereocenters. The molecular weight excluding hydrogens is 236 g/mol. The summed E-state index contributed by atoms with van der Waals surface area (Å²) < 4.78 is 1.97. The van der Waals surface area contributed by atoms with Gasteiger partial charge in [-0.25, -0.2) is 0 Å². The fourth-order valence-corrected chi connectivity index (χ4v) is 2.52. The van der Waals surface area contributed by atoms with Crippen molar-refractivity contribution in [2.45, 2.75) is 6.42 Å². The predicted molar refractivity (Wildman–Crippen MR) is 78.1 cm³/mol. The van der Waals surface area contributed by atoms with Gasteiger partial charge in [-0.3, -0.25) is 4.68 Å². The number of hydrogen-bond acceptors (Lipinski definition) is 2. The van der Waals surface area contributed by atoms with Crippen LogP contribution < -0.4 is 5.32 Å². The van der Waals surface area contributed by atoms with Crippen molar-refractivity contribution in [3.63, 3.8) is 0 Å². The number of H-pyrrole nitrogens is 1. The molecule has 4 heteroatoms. The van der Waals surface area contributed by atoms with Crippen molar-refractivity contribution in [2.75, 3.05) is 13.6 Å². The normalized spacial score (nSPS) is 11.3. The zero-order valence-corrected chi connectivity index (χ0v) is 11.3. The summed E-state index contributed by atoms with van der Waals surface area (Å²) in [6.45, 7) is 0.953. The Labute approximate surface area is 112 Å². The first-order chi connectivity index (χ1) is 9.31. The maximum atomic E-state index is 4.41. The Hall–Kier alpha value is -2.07. The molecule has 0 radical (unpaired) electrons. The second-order valence-electron chi connectivity index (χ2n) is 4.73. The quantitative estimate of drug-likeness (QED) is 0.750. The van der Waals surface area contributed by atoms with Crippen LogP contribution in [0.2, 0.25) is 0 Å². The molecule has 0 bridgehead atoms. The molecule has 2 heterocycles. The summed E-state index contributed by atoms with van der Waals surface area (Å²) in [7, 11) is 3.98. The van der Waals surface area contributed by atoms with Crippen molar-refractivity contribution in [1.82, 2.24) is 20.1 Å². The average molecular weight is 254 g/mol. The van der Waals surface area contributed by atoms with E-state index in [0.29, 0.717) is 0 Å². The van der Waals surface area contributed by atoms with E-state index in [0.717, 1.165) is 13.0 Å². The van der Waals surface area contributed by atoms with Crippen molar-refractivity contribution in [3.05, 3.63) is 42.4 Å². The lowest BCUT2D eigenvalue weighted by atomic mass is 10.0. The molecule has 3 rings (SSSR count). The summed E-state index contributed by atoms with van der Waals surface area (Å²) in [5, 5.41) is 8.85. The Morgan fingerprint density at radius 1 is 1.26 bits per heavy atom. The topological polar surface area (TPSA) is 45.6 Å². The lowest BCUT2D eigenvalue weighted by Crippen LogP contribution is -2.13. The molecule has 0 saturated heterocycles. The van der Waals surface area contributed by atoms with Gasteiger partial charge in [0.05, 0.1) is 6.20 Å². The first-order valence-corrected chi connectivity index (χ1v) is 6.53. The summed E-state index contributed by atoms with van der Waals surface area (Å²) in [4.78, 5) is 3.33. The van der Waals surface area contributed by atoms with E-state index in [1.54, 1.807) is 0 Å². The van der Waals surface area contributed by atoms with E-state index in [2.05, 4.69) is 39.8 Å². The minimum atomic E-state index is 0.953. The maximum absolute atomic E-state index is 4.41. The highest BCUT2D eigenvalue weighted by Crippen LogP contribution is 2.30. The van der Waals surface area contributed by atoms with Gasteiger partial charge in [0, 0.05) is 53.9 Å². The number of rotatable bonds is 4. The molecule has 19 heavy (non-hydrogen) atoms. The molecule has 2 aromatic heterocycles. The largest absolute Gasteiger partial charge is 0.361 e. The van der Waals surface area contributed by atoms with Crippen molar-refractivity contribution in [1.29, 1.82) is 0 Å². The fraction of sp³-hybridized carbons (Fsp3) is 0.267. The molecule has 0 fully saturated rings. The molecule has 2 N–H and O–H groups in total. The third-order valence-corrected chi connectivity index (χ3v) is 3.55. The van der Waals surface area contributed by atoms with Crippen LogP contribution in [0.25, 0.3) is 22.0 Å². The van der Waals surface area contributed by atoms with Crippen LogP contribution in [0.15, 0.2) is 36.7 Å². The van der Waals surface area contributed by atoms with Gasteiger partial charge in [-0.1, -0.05) is 18.2 Å². The van der Waals surface area contributed by atoms with Crippen molar-refractivity contribution in [2.24, 2.45) is 7.05 Å². The molecule has 0 aliphatic heterocycles. The Balaban J connectivity index is 2.11. The number of aromatic nitrogens is 3. The number of para-hydroxylation sites is 1. The first kappa shape index (κ1) is 12.0. The Morgan fingerprint density at radius 3 is 2.95 bits per heavy atom. The first-order valence-electron chi connectivity index (χ1n) is 6.53. The van der Waals surface area contributed by atoms with E-state index in [-0.39, 0.29) is 0 Å². The molecule has 3 aromatic rings. The SMILES string of the molecule is CNCCc1c(-c2c[nH]c3ccccc23)cnn1C. The Kier molecular flexibility index (Phi) is 3.09. The van der Waals surface area contributed by atoms with Crippen LogP contribution in [0.1, 0.15) is 5.69 Å². The van der Waals surface area contributed by atoms with Crippen LogP contribution in [-0.2, 0) is 13.5 Å². The van der Waals surface area contributed by atoms with Crippen molar-refractivity contribution < 1.29 is 0 Å². The molecule has 0 aliphatic rings. The Morgan fingerprint density at radius 2 is 2.11 bits per heavy atom. The van der Waals surface area contributed by atoms with E-state index in [1.165, 1.54) is 27.7 Å². The minimum absolute atomic E-state index is 0.953. The zero-order valence-electron chi connectivity index (χ0n) is 11.3. The van der Waals surface area contributed by atoms with Crippen LogP contribution in [0.4, 0.5) is 0 Å². The van der Waals surface area contributed by atoms with Gasteiger partial charge in [0.1, 0.15) is 0 Å². The van der Waals surface area contributed by atoms with E-state index in [9.17, 15) is 0 Å². The van der Waals surface area contributed by atoms with Gasteiger partial charge in [-0.05, 0) is 13.1 Å². The summed E-state index contributed by atoms with van der Waals surface area (Å²) in [6.07, 6.45) is 5.01. The number of likely N-dealkylation sites (N-methyl/N-ethyl adjacent to an activating group) is 1. The number of aryl methyl sites for hydroxylation is 1. The number of hydrogen-bond donors (Lipinski definition) is 2. The molecule has 0 unspecified atom stereocenters. The standard InChI is InChI=1S/C15H18N4/c1-16-8-7-15-13(10-18-19(15)2)12-9-17-14-6-4-3-5-11(12)14/h3-6,9-10,16-17H,7-8H2,1-2H3. The van der Waals surface area contributed by atoms with Gasteiger partial charge in [0.25, 0.3) is 0 Å². The average Bonchev–Trinajstić information content (AvgIpc) is 3.00. The summed E-state index contributed by atoms with van der Waals surface area (Å²) in [6, 6.07) is 8.37. The second kappa shape index (κ2) is 4.90. The highest BCUT2D eigenvalue weighted by Gasteiger charge is 2.13. The molecule has 1 aromatic carbocycles. The van der Waals surface area contributed by atoms with E-state index in [1.807, 2.05) is 31.0 Å². The van der Waals surface area contributed by atoms with Gasteiger partial charge in [0.2, 0.25) is 0 Å². The highest BCUT2D eigenvalue weighted by atomic mass is 15.3. The summed E-state index contributed by atoms with van der Waals surface area (Å²) in [5.74, 6) is 0. The third-order valence-electron chi connectivity index (χ3n) is 3.55. The second-order valence-corrected chi connectivity index (χ2v) is 4.73. The third kappa shape index (κ3) is 2.04. The molecule has 0 spiro atoms. The monoisotopic (exact) mass is 254 g/mol. The summed E-state index contributed by atoms with van der Waals surface area (Å²) in [5.41, 5.74) is 4.88. The van der Waals surface area contributed by atoms with Gasteiger partial charge < -0.3 is 10.3 Å². The van der Waals surface area contributed by atoms with Crippen LogP contribution in [-0.4, -0.2) is 28.4 Å². The number of aromatic amines is 1. The molecular formula is C15H18N4.